The van der Waals surface area contributed by atoms with Gasteiger partial charge >= 0.3 is 5.69 Å². The minimum Gasteiger partial charge on any atom is -0.490 e. The topological polar surface area (TPSA) is 121 Å². The monoisotopic (exact) mass is 415 g/mol. The maximum absolute atomic E-state index is 11.4. The standard InChI is InChI=1S/C21H26N4O5/c1-5-29-18-8-7-15(11-19(18)30-6-2)9-10-23-21-16(12-22)17(13-28-4)20(25(26)27)14(3)24-21/h7-8,11H,5-6,9-10,13H2,1-4H3,(H,23,24)/p+1. The third kappa shape index (κ3) is 5.36. The second kappa shape index (κ2) is 11.0. The summed E-state index contributed by atoms with van der Waals surface area (Å²) in [4.78, 5) is 13.9. The number of benzene rings is 1. The third-order valence-corrected chi connectivity index (χ3v) is 4.41. The van der Waals surface area contributed by atoms with Crippen LogP contribution in [0, 0.1) is 28.4 Å². The first-order valence-corrected chi connectivity index (χ1v) is 9.71. The molecule has 30 heavy (non-hydrogen) atoms. The van der Waals surface area contributed by atoms with Crippen molar-refractivity contribution in [3.63, 3.8) is 0 Å². The van der Waals surface area contributed by atoms with Gasteiger partial charge in [-0.2, -0.15) is 5.26 Å². The van der Waals surface area contributed by atoms with E-state index in [1.165, 1.54) is 7.11 Å². The van der Waals surface area contributed by atoms with Crippen LogP contribution in [0.5, 0.6) is 11.5 Å². The summed E-state index contributed by atoms with van der Waals surface area (Å²) in [7, 11) is 1.44. The number of methoxy groups -OCH3 is 1. The molecule has 0 fully saturated rings. The van der Waals surface area contributed by atoms with Crippen molar-refractivity contribution in [2.75, 3.05) is 32.2 Å². The van der Waals surface area contributed by atoms with Crippen LogP contribution in [0.2, 0.25) is 0 Å². The lowest BCUT2D eigenvalue weighted by Crippen LogP contribution is -2.23. The lowest BCUT2D eigenvalue weighted by atomic mass is 10.1. The Kier molecular flexibility index (Phi) is 8.38. The average molecular weight is 415 g/mol. The Balaban J connectivity index is 2.23. The number of pyridine rings is 1. The average Bonchev–Trinajstić information content (AvgIpc) is 2.70. The van der Waals surface area contributed by atoms with E-state index in [0.29, 0.717) is 49.2 Å². The molecule has 160 valence electrons. The Bertz CT molecular complexity index is 940. The summed E-state index contributed by atoms with van der Waals surface area (Å²) in [6, 6.07) is 7.82. The van der Waals surface area contributed by atoms with Crippen molar-refractivity contribution in [3.05, 3.63) is 50.7 Å². The van der Waals surface area contributed by atoms with Gasteiger partial charge in [0.05, 0.1) is 36.9 Å². The maximum atomic E-state index is 11.4. The van der Waals surface area contributed by atoms with Gasteiger partial charge in [0.25, 0.3) is 5.82 Å². The molecule has 9 heteroatoms. The van der Waals surface area contributed by atoms with E-state index in [0.717, 1.165) is 5.56 Å². The Morgan fingerprint density at radius 2 is 1.93 bits per heavy atom. The van der Waals surface area contributed by atoms with E-state index in [1.807, 2.05) is 32.0 Å². The van der Waals surface area contributed by atoms with Crippen molar-refractivity contribution >= 4 is 11.5 Å². The second-order valence-corrected chi connectivity index (χ2v) is 6.45. The first kappa shape index (κ1) is 22.9. The van der Waals surface area contributed by atoms with Crippen LogP contribution in [0.25, 0.3) is 0 Å². The number of aromatic nitrogens is 1. The largest absolute Gasteiger partial charge is 0.490 e. The minimum absolute atomic E-state index is 0.0278. The molecule has 0 atom stereocenters. The number of nitriles is 1. The van der Waals surface area contributed by atoms with Crippen molar-refractivity contribution in [1.29, 1.82) is 5.26 Å². The molecule has 0 aliphatic carbocycles. The molecule has 2 rings (SSSR count). The highest BCUT2D eigenvalue weighted by atomic mass is 16.6. The Labute approximate surface area is 175 Å². The highest BCUT2D eigenvalue weighted by Crippen LogP contribution is 2.30. The van der Waals surface area contributed by atoms with Gasteiger partial charge in [0.15, 0.2) is 22.8 Å². The number of nitro groups is 1. The van der Waals surface area contributed by atoms with Crippen LogP contribution in [0.15, 0.2) is 18.2 Å². The van der Waals surface area contributed by atoms with E-state index in [2.05, 4.69) is 16.4 Å². The minimum atomic E-state index is -0.500. The molecular weight excluding hydrogens is 388 g/mol. The number of hydrogen-bond acceptors (Lipinski definition) is 7. The van der Waals surface area contributed by atoms with Crippen LogP contribution >= 0.6 is 0 Å². The summed E-state index contributed by atoms with van der Waals surface area (Å²) < 4.78 is 16.3. The van der Waals surface area contributed by atoms with Gasteiger partial charge in [0.1, 0.15) is 6.07 Å². The molecule has 2 aromatic rings. The second-order valence-electron chi connectivity index (χ2n) is 6.45. The highest BCUT2D eigenvalue weighted by molar-refractivity contribution is 5.60. The van der Waals surface area contributed by atoms with Crippen molar-refractivity contribution < 1.29 is 24.1 Å². The SMILES string of the molecule is CCOc1ccc(CCNc2[nH+]c(C)c([N+](=O)[O-])c(COC)c2C#N)cc1OCC. The van der Waals surface area contributed by atoms with Crippen LogP contribution in [-0.2, 0) is 17.8 Å². The summed E-state index contributed by atoms with van der Waals surface area (Å²) in [5.41, 5.74) is 1.68. The number of aryl methyl sites for hydroxylation is 1. The van der Waals surface area contributed by atoms with Crippen LogP contribution in [0.1, 0.15) is 36.2 Å². The normalized spacial score (nSPS) is 10.4. The van der Waals surface area contributed by atoms with Crippen LogP contribution in [0.4, 0.5) is 11.5 Å². The number of nitrogens with zero attached hydrogens (tertiary/aromatic N) is 2. The molecule has 0 unspecified atom stereocenters. The van der Waals surface area contributed by atoms with E-state index in [-0.39, 0.29) is 23.4 Å². The molecular formula is C21H27N4O5+. The Hall–Kier alpha value is -3.38. The molecule has 1 aromatic carbocycles. The fraction of sp³-hybridized carbons (Fsp3) is 0.429. The molecule has 0 saturated heterocycles. The van der Waals surface area contributed by atoms with Gasteiger partial charge in [-0.1, -0.05) is 6.07 Å². The van der Waals surface area contributed by atoms with Gasteiger partial charge in [-0.15, -0.1) is 0 Å². The fourth-order valence-electron chi connectivity index (χ4n) is 3.18. The number of ether oxygens (including phenoxy) is 3. The first-order valence-electron chi connectivity index (χ1n) is 9.71. The molecule has 0 saturated carbocycles. The zero-order valence-electron chi connectivity index (χ0n) is 17.7. The molecule has 0 aliphatic heterocycles. The predicted molar refractivity (Wildman–Crippen MR) is 111 cm³/mol. The lowest BCUT2D eigenvalue weighted by Gasteiger charge is -2.12. The summed E-state index contributed by atoms with van der Waals surface area (Å²) in [5, 5.41) is 24.2. The molecule has 0 bridgehead atoms. The lowest BCUT2D eigenvalue weighted by molar-refractivity contribution is -0.420. The van der Waals surface area contributed by atoms with E-state index in [1.54, 1.807) is 6.92 Å². The van der Waals surface area contributed by atoms with Crippen LogP contribution in [-0.4, -0.2) is 31.8 Å². The van der Waals surface area contributed by atoms with Crippen LogP contribution in [0.3, 0.4) is 0 Å². The predicted octanol–water partition coefficient (Wildman–Crippen LogP) is 3.19. The molecule has 1 heterocycles. The Morgan fingerprint density at radius 3 is 2.53 bits per heavy atom. The molecule has 0 amide bonds. The van der Waals surface area contributed by atoms with E-state index < -0.39 is 4.92 Å². The van der Waals surface area contributed by atoms with Gasteiger partial charge < -0.3 is 14.2 Å². The quantitative estimate of drug-likeness (QED) is 0.442. The van der Waals surface area contributed by atoms with Crippen molar-refractivity contribution in [3.8, 4) is 17.6 Å². The zero-order valence-corrected chi connectivity index (χ0v) is 17.7. The van der Waals surface area contributed by atoms with Crippen molar-refractivity contribution in [2.24, 2.45) is 0 Å². The number of nitrogens with one attached hydrogen (secondary N) is 2. The zero-order chi connectivity index (χ0) is 22.1. The summed E-state index contributed by atoms with van der Waals surface area (Å²) >= 11 is 0. The number of anilines is 1. The molecule has 0 spiro atoms. The first-order chi connectivity index (χ1) is 14.5. The van der Waals surface area contributed by atoms with Gasteiger partial charge in [-0.05, 0) is 31.5 Å². The van der Waals surface area contributed by atoms with Gasteiger partial charge in [0, 0.05) is 20.5 Å². The van der Waals surface area contributed by atoms with Gasteiger partial charge in [-0.3, -0.25) is 15.4 Å². The van der Waals surface area contributed by atoms with E-state index in [4.69, 9.17) is 14.2 Å². The van der Waals surface area contributed by atoms with Crippen LogP contribution < -0.4 is 19.8 Å². The van der Waals surface area contributed by atoms with Crippen molar-refractivity contribution in [1.82, 2.24) is 0 Å². The number of H-pyrrole nitrogens is 1. The van der Waals surface area contributed by atoms with E-state index in [9.17, 15) is 15.4 Å². The molecule has 9 nitrogen and oxygen atoms in total. The summed E-state index contributed by atoms with van der Waals surface area (Å²) in [6.07, 6.45) is 0.654. The highest BCUT2D eigenvalue weighted by Gasteiger charge is 2.29. The third-order valence-electron chi connectivity index (χ3n) is 4.41. The smallest absolute Gasteiger partial charge is 0.317 e. The number of rotatable bonds is 11. The van der Waals surface area contributed by atoms with Gasteiger partial charge in [-0.25, -0.2) is 4.98 Å². The number of aromatic amines is 1. The molecule has 0 radical (unpaired) electrons. The van der Waals surface area contributed by atoms with E-state index >= 15 is 0 Å². The van der Waals surface area contributed by atoms with Crippen molar-refractivity contribution in [2.45, 2.75) is 33.8 Å². The number of hydrogen-bond donors (Lipinski definition) is 1. The molecule has 1 aromatic heterocycles. The summed E-state index contributed by atoms with van der Waals surface area (Å²) in [6.45, 7) is 7.00. The summed E-state index contributed by atoms with van der Waals surface area (Å²) in [5.74, 6) is 1.82. The fourth-order valence-corrected chi connectivity index (χ4v) is 3.18. The molecule has 2 N–H and O–H groups in total. The maximum Gasteiger partial charge on any atom is 0.317 e. The Morgan fingerprint density at radius 1 is 1.23 bits per heavy atom. The van der Waals surface area contributed by atoms with Gasteiger partial charge in [0.2, 0.25) is 0 Å². The molecule has 0 aliphatic rings.